The van der Waals surface area contributed by atoms with Gasteiger partial charge in [-0.25, -0.2) is 13.2 Å². The van der Waals surface area contributed by atoms with Gasteiger partial charge in [0.25, 0.3) is 9.05 Å². The van der Waals surface area contributed by atoms with Gasteiger partial charge in [0.2, 0.25) is 0 Å². The van der Waals surface area contributed by atoms with Crippen molar-refractivity contribution < 1.29 is 17.9 Å². The van der Waals surface area contributed by atoms with Gasteiger partial charge >= 0.3 is 6.09 Å². The van der Waals surface area contributed by atoms with Crippen molar-refractivity contribution in [1.29, 1.82) is 0 Å². The number of nitrogens with one attached hydrogen (secondary N) is 1. The Labute approximate surface area is 121 Å². The summed E-state index contributed by atoms with van der Waals surface area (Å²) in [4.78, 5) is 11.4. The van der Waals surface area contributed by atoms with E-state index in [2.05, 4.69) is 5.32 Å². The maximum absolute atomic E-state index is 11.5. The summed E-state index contributed by atoms with van der Waals surface area (Å²) in [6.45, 7) is 5.16. The van der Waals surface area contributed by atoms with Gasteiger partial charge in [0.05, 0.1) is 15.6 Å². The third-order valence-electron chi connectivity index (χ3n) is 1.86. The number of halogens is 2. The fourth-order valence-corrected chi connectivity index (χ4v) is 2.23. The number of carbonyl (C=O) groups excluding carboxylic acids is 1. The lowest BCUT2D eigenvalue weighted by Crippen LogP contribution is -2.27. The predicted molar refractivity (Wildman–Crippen MR) is 74.3 cm³/mol. The molecule has 5 nitrogen and oxygen atoms in total. The van der Waals surface area contributed by atoms with E-state index in [0.29, 0.717) is 0 Å². The van der Waals surface area contributed by atoms with Gasteiger partial charge in [-0.15, -0.1) is 0 Å². The summed E-state index contributed by atoms with van der Waals surface area (Å²) >= 11 is 5.86. The lowest BCUT2D eigenvalue weighted by atomic mass is 10.2. The van der Waals surface area contributed by atoms with E-state index in [1.54, 1.807) is 20.8 Å². The SMILES string of the molecule is CC(C)(C)OC(=O)Nc1ccc(S(=O)(=O)Cl)cc1Cl. The van der Waals surface area contributed by atoms with Crippen LogP contribution in [0.25, 0.3) is 0 Å². The highest BCUT2D eigenvalue weighted by atomic mass is 35.7. The van der Waals surface area contributed by atoms with Crippen molar-refractivity contribution in [1.82, 2.24) is 0 Å². The van der Waals surface area contributed by atoms with Gasteiger partial charge in [-0.1, -0.05) is 11.6 Å². The Kier molecular flexibility index (Phi) is 4.71. The average Bonchev–Trinajstić information content (AvgIpc) is 2.16. The monoisotopic (exact) mass is 325 g/mol. The minimum atomic E-state index is -3.86. The second kappa shape index (κ2) is 5.56. The molecule has 0 aromatic heterocycles. The summed E-state index contributed by atoms with van der Waals surface area (Å²) in [5.74, 6) is 0. The number of ether oxygens (including phenoxy) is 1. The second-order valence-electron chi connectivity index (χ2n) is 4.71. The van der Waals surface area contributed by atoms with Gasteiger partial charge in [0, 0.05) is 10.7 Å². The van der Waals surface area contributed by atoms with Crippen LogP contribution in [-0.2, 0) is 13.8 Å². The Balaban J connectivity index is 2.90. The van der Waals surface area contributed by atoms with Crippen LogP contribution < -0.4 is 5.32 Å². The van der Waals surface area contributed by atoms with Crippen LogP contribution in [0.1, 0.15) is 20.8 Å². The molecule has 0 spiro atoms. The maximum atomic E-state index is 11.5. The maximum Gasteiger partial charge on any atom is 0.412 e. The van der Waals surface area contributed by atoms with E-state index in [1.807, 2.05) is 0 Å². The lowest BCUT2D eigenvalue weighted by molar-refractivity contribution is 0.0636. The molecule has 8 heteroatoms. The minimum Gasteiger partial charge on any atom is -0.444 e. The molecule has 0 fully saturated rings. The highest BCUT2D eigenvalue weighted by Crippen LogP contribution is 2.27. The number of hydrogen-bond acceptors (Lipinski definition) is 4. The molecule has 0 aliphatic heterocycles. The summed E-state index contributed by atoms with van der Waals surface area (Å²) in [5, 5.41) is 2.46. The smallest absolute Gasteiger partial charge is 0.412 e. The molecule has 0 bridgehead atoms. The predicted octanol–water partition coefficient (Wildman–Crippen LogP) is 3.61. The number of hydrogen-bond donors (Lipinski definition) is 1. The lowest BCUT2D eigenvalue weighted by Gasteiger charge is -2.20. The van der Waals surface area contributed by atoms with Crippen LogP contribution >= 0.6 is 22.3 Å². The first-order valence-electron chi connectivity index (χ1n) is 5.23. The van der Waals surface area contributed by atoms with Gasteiger partial charge in [-0.3, -0.25) is 5.32 Å². The zero-order valence-corrected chi connectivity index (χ0v) is 12.9. The first-order chi connectivity index (χ1) is 8.49. The molecular formula is C11H13Cl2NO4S. The summed E-state index contributed by atoms with van der Waals surface area (Å²) in [6.07, 6.45) is -0.684. The molecule has 0 saturated heterocycles. The number of rotatable bonds is 2. The van der Waals surface area contributed by atoms with E-state index in [0.717, 1.165) is 6.07 Å². The van der Waals surface area contributed by atoms with Crippen LogP contribution in [0.15, 0.2) is 23.1 Å². The van der Waals surface area contributed by atoms with Crippen molar-refractivity contribution in [3.8, 4) is 0 Å². The minimum absolute atomic E-state index is 0.0487. The van der Waals surface area contributed by atoms with Crippen molar-refractivity contribution in [3.63, 3.8) is 0 Å². The molecule has 1 aromatic carbocycles. The molecule has 0 heterocycles. The van der Waals surface area contributed by atoms with Crippen molar-refractivity contribution in [3.05, 3.63) is 23.2 Å². The summed E-state index contributed by atoms with van der Waals surface area (Å²) in [7, 11) is 1.32. The van der Waals surface area contributed by atoms with E-state index in [1.165, 1.54) is 12.1 Å². The van der Waals surface area contributed by atoms with E-state index >= 15 is 0 Å². The molecule has 0 unspecified atom stereocenters. The fourth-order valence-electron chi connectivity index (χ4n) is 1.16. The Hall–Kier alpha value is -0.980. The molecule has 0 aliphatic rings. The molecule has 0 aliphatic carbocycles. The quantitative estimate of drug-likeness (QED) is 0.843. The third-order valence-corrected chi connectivity index (χ3v) is 3.52. The number of carbonyl (C=O) groups is 1. The molecule has 0 atom stereocenters. The molecule has 1 aromatic rings. The highest BCUT2D eigenvalue weighted by Gasteiger charge is 2.18. The fraction of sp³-hybridized carbons (Fsp3) is 0.364. The van der Waals surface area contributed by atoms with Crippen LogP contribution in [0.5, 0.6) is 0 Å². The summed E-state index contributed by atoms with van der Waals surface area (Å²) < 4.78 is 27.2. The topological polar surface area (TPSA) is 72.5 Å². The van der Waals surface area contributed by atoms with Crippen molar-refractivity contribution >= 4 is 43.1 Å². The van der Waals surface area contributed by atoms with Gasteiger partial charge in [0.15, 0.2) is 0 Å². The number of benzene rings is 1. The second-order valence-corrected chi connectivity index (χ2v) is 7.68. The van der Waals surface area contributed by atoms with Gasteiger partial charge in [0.1, 0.15) is 5.60 Å². The zero-order valence-electron chi connectivity index (χ0n) is 10.5. The van der Waals surface area contributed by atoms with Gasteiger partial charge < -0.3 is 4.74 Å². The first kappa shape index (κ1) is 16.1. The van der Waals surface area contributed by atoms with Crippen molar-refractivity contribution in [2.45, 2.75) is 31.3 Å². The number of amides is 1. The largest absolute Gasteiger partial charge is 0.444 e. The van der Waals surface area contributed by atoms with E-state index in [9.17, 15) is 13.2 Å². The Morgan fingerprint density at radius 1 is 1.32 bits per heavy atom. The molecule has 0 saturated carbocycles. The first-order valence-corrected chi connectivity index (χ1v) is 7.92. The zero-order chi connectivity index (χ0) is 14.8. The normalized spacial score (nSPS) is 12.1. The van der Waals surface area contributed by atoms with Gasteiger partial charge in [-0.05, 0) is 39.0 Å². The molecule has 19 heavy (non-hydrogen) atoms. The van der Waals surface area contributed by atoms with E-state index in [4.69, 9.17) is 27.0 Å². The molecular weight excluding hydrogens is 313 g/mol. The van der Waals surface area contributed by atoms with Crippen LogP contribution in [0.4, 0.5) is 10.5 Å². The molecule has 1 amide bonds. The Bertz CT molecular complexity index is 593. The van der Waals surface area contributed by atoms with Crippen molar-refractivity contribution in [2.75, 3.05) is 5.32 Å². The van der Waals surface area contributed by atoms with Crippen LogP contribution in [0.3, 0.4) is 0 Å². The summed E-state index contributed by atoms with van der Waals surface area (Å²) in [5.41, 5.74) is -0.407. The van der Waals surface area contributed by atoms with Gasteiger partial charge in [-0.2, -0.15) is 0 Å². The highest BCUT2D eigenvalue weighted by molar-refractivity contribution is 8.13. The van der Waals surface area contributed by atoms with Crippen LogP contribution in [0.2, 0.25) is 5.02 Å². The van der Waals surface area contributed by atoms with Crippen molar-refractivity contribution in [2.24, 2.45) is 0 Å². The van der Waals surface area contributed by atoms with E-state index < -0.39 is 20.7 Å². The Morgan fingerprint density at radius 2 is 1.89 bits per heavy atom. The van der Waals surface area contributed by atoms with Crippen LogP contribution in [0, 0.1) is 0 Å². The Morgan fingerprint density at radius 3 is 2.32 bits per heavy atom. The molecule has 1 N–H and O–H groups in total. The van der Waals surface area contributed by atoms with Crippen LogP contribution in [-0.4, -0.2) is 20.1 Å². The molecule has 106 valence electrons. The summed E-state index contributed by atoms with van der Waals surface area (Å²) in [6, 6.07) is 3.72. The number of anilines is 1. The van der Waals surface area contributed by atoms with E-state index in [-0.39, 0.29) is 15.6 Å². The standard InChI is InChI=1S/C11H13Cl2NO4S/c1-11(2,3)18-10(15)14-9-5-4-7(6-8(9)12)19(13,16)17/h4-6H,1-3H3,(H,14,15). The third kappa shape index (κ3) is 5.26. The molecule has 0 radical (unpaired) electrons. The average molecular weight is 326 g/mol. The molecule has 1 rings (SSSR count).